The van der Waals surface area contributed by atoms with E-state index >= 15 is 0 Å². The van der Waals surface area contributed by atoms with Crippen LogP contribution in [-0.2, 0) is 29.1 Å². The zero-order valence-corrected chi connectivity index (χ0v) is 16.7. The van der Waals surface area contributed by atoms with Gasteiger partial charge in [-0.05, 0) is 48.1 Å². The van der Waals surface area contributed by atoms with Crippen LogP contribution in [0.4, 0.5) is 0 Å². The molecule has 2 amide bonds. The van der Waals surface area contributed by atoms with Gasteiger partial charge in [0.05, 0.1) is 7.11 Å². The summed E-state index contributed by atoms with van der Waals surface area (Å²) in [6.45, 7) is 4.05. The lowest BCUT2D eigenvalue weighted by molar-refractivity contribution is -0.128. The second kappa shape index (κ2) is 9.40. The number of aryl methyl sites for hydroxylation is 2. The van der Waals surface area contributed by atoms with Crippen molar-refractivity contribution in [1.82, 2.24) is 10.2 Å². The number of likely N-dealkylation sites (tertiary alicyclic amines) is 1. The van der Waals surface area contributed by atoms with Gasteiger partial charge in [-0.2, -0.15) is 0 Å². The molecular weight excluding hydrogens is 352 g/mol. The Morgan fingerprint density at radius 1 is 1.11 bits per heavy atom. The fraction of sp³-hybridized carbons (Fsp3) is 0.391. The van der Waals surface area contributed by atoms with Gasteiger partial charge < -0.3 is 15.0 Å². The van der Waals surface area contributed by atoms with E-state index < -0.39 is 0 Å². The Balaban J connectivity index is 1.42. The fourth-order valence-electron chi connectivity index (χ4n) is 3.50. The first-order chi connectivity index (χ1) is 13.5. The fourth-order valence-corrected chi connectivity index (χ4v) is 3.50. The summed E-state index contributed by atoms with van der Waals surface area (Å²) < 4.78 is 5.27. The topological polar surface area (TPSA) is 58.6 Å². The number of carbonyl (C=O) groups excluding carboxylic acids is 2. The third-order valence-corrected chi connectivity index (χ3v) is 5.16. The average Bonchev–Trinajstić information content (AvgIpc) is 3.10. The molecule has 0 radical (unpaired) electrons. The number of hydrogen-bond acceptors (Lipinski definition) is 3. The van der Waals surface area contributed by atoms with E-state index in [9.17, 15) is 9.59 Å². The van der Waals surface area contributed by atoms with Crippen LogP contribution in [0.5, 0.6) is 5.75 Å². The van der Waals surface area contributed by atoms with Crippen LogP contribution < -0.4 is 10.1 Å². The first-order valence-corrected chi connectivity index (χ1v) is 9.81. The number of hydrogen-bond donors (Lipinski definition) is 1. The van der Waals surface area contributed by atoms with Crippen LogP contribution in [-0.4, -0.2) is 30.4 Å². The molecule has 5 nitrogen and oxygen atoms in total. The summed E-state index contributed by atoms with van der Waals surface area (Å²) >= 11 is 0. The third kappa shape index (κ3) is 5.35. The summed E-state index contributed by atoms with van der Waals surface area (Å²) in [6, 6.07) is 14.1. The minimum absolute atomic E-state index is 0.0419. The second-order valence-electron chi connectivity index (χ2n) is 7.32. The van der Waals surface area contributed by atoms with Crippen LogP contribution in [0.15, 0.2) is 42.5 Å². The molecule has 1 saturated heterocycles. The van der Waals surface area contributed by atoms with Crippen LogP contribution in [0.2, 0.25) is 0 Å². The minimum Gasteiger partial charge on any atom is -0.496 e. The van der Waals surface area contributed by atoms with Gasteiger partial charge in [-0.15, -0.1) is 0 Å². The Morgan fingerprint density at radius 3 is 2.46 bits per heavy atom. The van der Waals surface area contributed by atoms with E-state index in [0.717, 1.165) is 41.0 Å². The van der Waals surface area contributed by atoms with E-state index in [1.54, 1.807) is 7.11 Å². The third-order valence-electron chi connectivity index (χ3n) is 5.16. The van der Waals surface area contributed by atoms with Crippen LogP contribution in [0, 0.1) is 6.92 Å². The van der Waals surface area contributed by atoms with Gasteiger partial charge in [0.15, 0.2) is 0 Å². The van der Waals surface area contributed by atoms with Crippen molar-refractivity contribution in [3.63, 3.8) is 0 Å². The quantitative estimate of drug-likeness (QED) is 0.764. The monoisotopic (exact) mass is 380 g/mol. The summed E-state index contributed by atoms with van der Waals surface area (Å²) in [7, 11) is 1.66. The molecule has 1 aliphatic heterocycles. The first kappa shape index (κ1) is 19.9. The number of carbonyl (C=O) groups is 2. The molecule has 1 fully saturated rings. The molecule has 1 aliphatic rings. The van der Waals surface area contributed by atoms with Gasteiger partial charge in [0.25, 0.3) is 0 Å². The maximum absolute atomic E-state index is 12.2. The van der Waals surface area contributed by atoms with Crippen molar-refractivity contribution in [2.24, 2.45) is 0 Å². The van der Waals surface area contributed by atoms with Crippen molar-refractivity contribution in [3.8, 4) is 5.75 Å². The number of rotatable bonds is 8. The molecule has 1 heterocycles. The van der Waals surface area contributed by atoms with Crippen LogP contribution in [0.3, 0.4) is 0 Å². The minimum atomic E-state index is 0.0419. The van der Waals surface area contributed by atoms with Crippen LogP contribution in [0.1, 0.15) is 41.5 Å². The van der Waals surface area contributed by atoms with E-state index in [-0.39, 0.29) is 11.8 Å². The van der Waals surface area contributed by atoms with Crippen molar-refractivity contribution in [3.05, 3.63) is 64.7 Å². The van der Waals surface area contributed by atoms with Crippen LogP contribution >= 0.6 is 0 Å². The lowest BCUT2D eigenvalue weighted by atomic mass is 10.1. The van der Waals surface area contributed by atoms with Gasteiger partial charge in [-0.1, -0.05) is 36.4 Å². The zero-order chi connectivity index (χ0) is 19.9. The van der Waals surface area contributed by atoms with E-state index in [2.05, 4.69) is 11.4 Å². The zero-order valence-electron chi connectivity index (χ0n) is 16.7. The van der Waals surface area contributed by atoms with E-state index in [1.165, 1.54) is 0 Å². The molecule has 0 atom stereocenters. The number of nitrogens with one attached hydrogen (secondary N) is 1. The molecule has 0 aliphatic carbocycles. The smallest absolute Gasteiger partial charge is 0.222 e. The molecule has 3 rings (SSSR count). The van der Waals surface area contributed by atoms with Gasteiger partial charge in [-0.25, -0.2) is 0 Å². The average molecular weight is 380 g/mol. The Morgan fingerprint density at radius 2 is 1.82 bits per heavy atom. The second-order valence-corrected chi connectivity index (χ2v) is 7.32. The Kier molecular flexibility index (Phi) is 6.69. The number of nitrogens with zero attached hydrogens (tertiary/aromatic N) is 1. The lowest BCUT2D eigenvalue weighted by Crippen LogP contribution is -2.24. The molecule has 148 valence electrons. The Hall–Kier alpha value is -2.82. The highest BCUT2D eigenvalue weighted by Gasteiger charge is 2.19. The first-order valence-electron chi connectivity index (χ1n) is 9.81. The predicted molar refractivity (Wildman–Crippen MR) is 109 cm³/mol. The summed E-state index contributed by atoms with van der Waals surface area (Å²) in [5.41, 5.74) is 4.40. The molecule has 0 saturated carbocycles. The van der Waals surface area contributed by atoms with Gasteiger partial charge >= 0.3 is 0 Å². The molecule has 5 heteroatoms. The number of methoxy groups -OCH3 is 1. The van der Waals surface area contributed by atoms with Crippen LogP contribution in [0.25, 0.3) is 0 Å². The molecule has 28 heavy (non-hydrogen) atoms. The summed E-state index contributed by atoms with van der Waals surface area (Å²) in [5, 5.41) is 2.98. The largest absolute Gasteiger partial charge is 0.496 e. The van der Waals surface area contributed by atoms with Gasteiger partial charge in [0.2, 0.25) is 11.8 Å². The van der Waals surface area contributed by atoms with Crippen molar-refractivity contribution >= 4 is 11.8 Å². The van der Waals surface area contributed by atoms with Crippen molar-refractivity contribution < 1.29 is 14.3 Å². The van der Waals surface area contributed by atoms with E-state index in [4.69, 9.17) is 4.74 Å². The van der Waals surface area contributed by atoms with Gasteiger partial charge in [0, 0.05) is 32.5 Å². The van der Waals surface area contributed by atoms with Crippen molar-refractivity contribution in [2.45, 2.75) is 45.7 Å². The molecule has 0 spiro atoms. The van der Waals surface area contributed by atoms with Crippen molar-refractivity contribution in [1.29, 1.82) is 0 Å². The summed E-state index contributed by atoms with van der Waals surface area (Å²) in [4.78, 5) is 25.8. The molecular formula is C23H28N2O3. The molecule has 1 N–H and O–H groups in total. The van der Waals surface area contributed by atoms with Crippen molar-refractivity contribution in [2.75, 3.05) is 13.7 Å². The maximum atomic E-state index is 12.2. The molecule has 0 bridgehead atoms. The molecule has 0 unspecified atom stereocenters. The normalized spacial score (nSPS) is 13.6. The van der Waals surface area contributed by atoms with E-state index in [0.29, 0.717) is 32.4 Å². The summed E-state index contributed by atoms with van der Waals surface area (Å²) in [5.74, 6) is 1.15. The highest BCUT2D eigenvalue weighted by molar-refractivity contribution is 5.78. The van der Waals surface area contributed by atoms with Gasteiger partial charge in [-0.3, -0.25) is 9.59 Å². The highest BCUT2D eigenvalue weighted by Crippen LogP contribution is 2.19. The standard InChI is InChI=1S/C23H28N2O3/c1-17-14-18(9-11-21(17)28-2)10-12-22(26)24-15-19-5-7-20(8-6-19)16-25-13-3-4-23(25)27/h5-9,11,14H,3-4,10,12-13,15-16H2,1-2H3,(H,24,26). The predicted octanol–water partition coefficient (Wildman–Crippen LogP) is 3.38. The van der Waals surface area contributed by atoms with E-state index in [1.807, 2.05) is 48.2 Å². The molecule has 2 aromatic carbocycles. The number of benzene rings is 2. The van der Waals surface area contributed by atoms with Gasteiger partial charge in [0.1, 0.15) is 5.75 Å². The Labute approximate surface area is 166 Å². The highest BCUT2D eigenvalue weighted by atomic mass is 16.5. The number of amides is 2. The SMILES string of the molecule is COc1ccc(CCC(=O)NCc2ccc(CN3CCCC3=O)cc2)cc1C. The molecule has 0 aromatic heterocycles. The Bertz CT molecular complexity index is 830. The lowest BCUT2D eigenvalue weighted by Gasteiger charge is -2.15. The summed E-state index contributed by atoms with van der Waals surface area (Å²) in [6.07, 6.45) is 2.79. The maximum Gasteiger partial charge on any atom is 0.222 e. The molecule has 2 aromatic rings. The number of ether oxygens (including phenoxy) is 1.